The molecule has 4 nitrogen and oxygen atoms in total. The van der Waals surface area contributed by atoms with Crippen LogP contribution in [-0.4, -0.2) is 21.5 Å². The van der Waals surface area contributed by atoms with E-state index in [0.717, 1.165) is 11.1 Å². The van der Waals surface area contributed by atoms with Crippen LogP contribution in [0.25, 0.3) is 10.5 Å². The van der Waals surface area contributed by atoms with Crippen LogP contribution >= 0.6 is 0 Å². The fourth-order valence-corrected chi connectivity index (χ4v) is 2.77. The summed E-state index contributed by atoms with van der Waals surface area (Å²) in [5.74, 6) is 0.607. The summed E-state index contributed by atoms with van der Waals surface area (Å²) in [6.45, 7) is 19.2. The molecule has 0 bridgehead atoms. The van der Waals surface area contributed by atoms with Gasteiger partial charge in [-0.15, -0.1) is 0 Å². The molecule has 0 unspecified atom stereocenters. The van der Waals surface area contributed by atoms with E-state index >= 15 is 0 Å². The van der Waals surface area contributed by atoms with Crippen LogP contribution < -0.4 is 0 Å². The third kappa shape index (κ3) is 14.9. The Kier molecular flexibility index (Phi) is 20.3. The minimum absolute atomic E-state index is 0. The minimum Gasteiger partial charge on any atom is -0.679 e. The van der Waals surface area contributed by atoms with Gasteiger partial charge in [-0.1, -0.05) is 61.9 Å². The summed E-state index contributed by atoms with van der Waals surface area (Å²) in [7, 11) is -3.53. The Morgan fingerprint density at radius 3 is 2.07 bits per heavy atom. The maximum Gasteiger partial charge on any atom is 3.00 e. The molecule has 0 saturated heterocycles. The number of benzene rings is 1. The van der Waals surface area contributed by atoms with E-state index in [1.165, 1.54) is 17.7 Å². The molecule has 0 aliphatic heterocycles. The standard InChI is InChI=1S/C11H18.C9H12N2O2S.C2H5.Ru/c1-6-11(10(4)5)8-7-9(2)3;1-8-2-4-9(5-3-8)14(12,13)11-7-6-10;1-2;/h6-8,10H,2H2,1,3-5H3;2-5,10H,6-7H2,1H3;1H2,2H3;/q;-2;-1;+3/b8-7-,11-6+;;;. The summed E-state index contributed by atoms with van der Waals surface area (Å²) in [4.78, 5) is 0.191. The zero-order chi connectivity index (χ0) is 21.5. The summed E-state index contributed by atoms with van der Waals surface area (Å²) < 4.78 is 26.4. The molecule has 0 spiro atoms. The van der Waals surface area contributed by atoms with E-state index in [0.29, 0.717) is 5.92 Å². The van der Waals surface area contributed by atoms with Gasteiger partial charge in [-0.2, -0.15) is 20.0 Å². The zero-order valence-corrected chi connectivity index (χ0v) is 20.5. The van der Waals surface area contributed by atoms with Gasteiger partial charge in [0.2, 0.25) is 0 Å². The fourth-order valence-electron chi connectivity index (χ4n) is 1.81. The van der Waals surface area contributed by atoms with Gasteiger partial charge in [0.15, 0.2) is 0 Å². The molecule has 0 heterocycles. The van der Waals surface area contributed by atoms with Crippen molar-refractivity contribution in [3.8, 4) is 0 Å². The van der Waals surface area contributed by atoms with Crippen molar-refractivity contribution in [1.29, 1.82) is 0 Å². The molecule has 1 rings (SSSR count). The van der Waals surface area contributed by atoms with Crippen LogP contribution in [0.5, 0.6) is 0 Å². The predicted molar refractivity (Wildman–Crippen MR) is 119 cm³/mol. The first kappa shape index (κ1) is 31.6. The van der Waals surface area contributed by atoms with E-state index in [1.807, 2.05) is 13.8 Å². The summed E-state index contributed by atoms with van der Waals surface area (Å²) in [5.41, 5.74) is 10.3. The van der Waals surface area contributed by atoms with Crippen LogP contribution in [0.2, 0.25) is 0 Å². The first-order chi connectivity index (χ1) is 12.6. The summed E-state index contributed by atoms with van der Waals surface area (Å²) in [6, 6.07) is 6.50. The van der Waals surface area contributed by atoms with Crippen LogP contribution in [0.3, 0.4) is 0 Å². The third-order valence-corrected chi connectivity index (χ3v) is 4.64. The van der Waals surface area contributed by atoms with Crippen molar-refractivity contribution in [3.63, 3.8) is 0 Å². The number of hydrogen-bond donors (Lipinski definition) is 0. The fraction of sp³-hybridized carbons (Fsp3) is 0.409. The average Bonchev–Trinajstić information content (AvgIpc) is 2.62. The summed E-state index contributed by atoms with van der Waals surface area (Å²) >= 11 is 0. The Bertz CT molecular complexity index is 692. The molecule has 28 heavy (non-hydrogen) atoms. The third-order valence-electron chi connectivity index (χ3n) is 3.25. The molecular weight excluding hydrogens is 457 g/mol. The van der Waals surface area contributed by atoms with Crippen molar-refractivity contribution in [1.82, 2.24) is 0 Å². The van der Waals surface area contributed by atoms with Gasteiger partial charge in [0.1, 0.15) is 10.0 Å². The van der Waals surface area contributed by atoms with Crippen molar-refractivity contribution in [3.05, 3.63) is 83.2 Å². The predicted octanol–water partition coefficient (Wildman–Crippen LogP) is 6.67. The van der Waals surface area contributed by atoms with Crippen LogP contribution in [0, 0.1) is 19.8 Å². The van der Waals surface area contributed by atoms with Gasteiger partial charge in [0.25, 0.3) is 0 Å². The molecule has 1 radical (unpaired) electrons. The van der Waals surface area contributed by atoms with E-state index in [1.54, 1.807) is 19.1 Å². The van der Waals surface area contributed by atoms with Crippen molar-refractivity contribution >= 4 is 10.0 Å². The number of nitrogens with zero attached hydrogens (tertiary/aromatic N) is 1. The summed E-state index contributed by atoms with van der Waals surface area (Å²) in [5, 5.41) is 0. The Morgan fingerprint density at radius 1 is 1.21 bits per heavy atom. The average molecular weight is 493 g/mol. The van der Waals surface area contributed by atoms with Gasteiger partial charge in [-0.25, -0.2) is 8.42 Å². The van der Waals surface area contributed by atoms with Crippen LogP contribution in [0.4, 0.5) is 0 Å². The molecule has 0 saturated carbocycles. The first-order valence-electron chi connectivity index (χ1n) is 8.99. The molecule has 0 fully saturated rings. The Labute approximate surface area is 186 Å². The maximum atomic E-state index is 11.5. The second-order valence-electron chi connectivity index (χ2n) is 6.01. The molecule has 6 heteroatoms. The number of aryl methyl sites for hydroxylation is 1. The first-order valence-corrected chi connectivity index (χ1v) is 10.4. The molecule has 159 valence electrons. The minimum atomic E-state index is -3.53. The van der Waals surface area contributed by atoms with Gasteiger partial charge >= 0.3 is 19.5 Å². The SMILES string of the molecule is C=C(C)/C=C\C(=C/C)C(C)C.Cc1ccc(S(=O)(=O)[N-]CC[NH-])cc1.[CH2-]C.[Ru+3]. The largest absolute Gasteiger partial charge is 3.00 e. The van der Waals surface area contributed by atoms with Crippen LogP contribution in [0.1, 0.15) is 40.2 Å². The van der Waals surface area contributed by atoms with Crippen molar-refractivity contribution in [2.24, 2.45) is 5.92 Å². The van der Waals surface area contributed by atoms with E-state index in [2.05, 4.69) is 57.2 Å². The van der Waals surface area contributed by atoms with Crippen molar-refractivity contribution in [2.75, 3.05) is 13.1 Å². The van der Waals surface area contributed by atoms with Gasteiger partial charge < -0.3 is 17.4 Å². The molecule has 0 atom stereocenters. The molecular formula is C22H35N2O2RuS. The van der Waals surface area contributed by atoms with Crippen molar-refractivity contribution in [2.45, 2.75) is 46.4 Å². The smallest absolute Gasteiger partial charge is 0.679 e. The van der Waals surface area contributed by atoms with Gasteiger partial charge in [-0.05, 0) is 44.4 Å². The molecule has 0 amide bonds. The summed E-state index contributed by atoms with van der Waals surface area (Å²) in [6.07, 6.45) is 6.33. The molecule has 0 aliphatic carbocycles. The van der Waals surface area contributed by atoms with E-state index in [-0.39, 0.29) is 37.5 Å². The van der Waals surface area contributed by atoms with Gasteiger partial charge in [-0.3, -0.25) is 0 Å². The zero-order valence-electron chi connectivity index (χ0n) is 18.0. The normalized spacial score (nSPS) is 11.1. The second kappa shape index (κ2) is 18.0. The van der Waals surface area contributed by atoms with Gasteiger partial charge in [0.05, 0.1) is 0 Å². The molecule has 0 aromatic heterocycles. The Morgan fingerprint density at radius 2 is 1.71 bits per heavy atom. The van der Waals surface area contributed by atoms with E-state index in [9.17, 15) is 8.42 Å². The van der Waals surface area contributed by atoms with Crippen molar-refractivity contribution < 1.29 is 27.9 Å². The van der Waals surface area contributed by atoms with E-state index in [4.69, 9.17) is 5.73 Å². The van der Waals surface area contributed by atoms with Crippen LogP contribution in [-0.2, 0) is 29.5 Å². The number of allylic oxidation sites excluding steroid dienone is 5. The maximum absolute atomic E-state index is 11.5. The Hall–Kier alpha value is -1.07. The number of nitrogens with one attached hydrogen (secondary N) is 1. The topological polar surface area (TPSA) is 72.0 Å². The quantitative estimate of drug-likeness (QED) is 0.242. The van der Waals surface area contributed by atoms with E-state index < -0.39 is 10.0 Å². The van der Waals surface area contributed by atoms with Crippen LogP contribution in [0.15, 0.2) is 65.1 Å². The molecule has 1 N–H and O–H groups in total. The molecule has 1 aromatic carbocycles. The number of rotatable bonds is 7. The number of hydrogen-bond acceptors (Lipinski definition) is 2. The molecule has 0 aliphatic rings. The number of sulfonamides is 1. The second-order valence-corrected chi connectivity index (χ2v) is 7.69. The Balaban J connectivity index is -0.000000407. The molecule has 1 aromatic rings. The monoisotopic (exact) mass is 493 g/mol. The van der Waals surface area contributed by atoms with Gasteiger partial charge in [0, 0.05) is 4.90 Å².